The van der Waals surface area contributed by atoms with Gasteiger partial charge in [0.05, 0.1) is 0 Å². The van der Waals surface area contributed by atoms with Crippen molar-refractivity contribution in [3.63, 3.8) is 0 Å². The summed E-state index contributed by atoms with van der Waals surface area (Å²) in [6.07, 6.45) is 3.82. The number of benzene rings is 1. The van der Waals surface area contributed by atoms with Gasteiger partial charge in [-0.25, -0.2) is 0 Å². The van der Waals surface area contributed by atoms with E-state index in [9.17, 15) is 0 Å². The van der Waals surface area contributed by atoms with Crippen LogP contribution < -0.4 is 8.35 Å². The molecule has 0 radical (unpaired) electrons. The molecule has 0 aliphatic rings. The Morgan fingerprint density at radius 1 is 1.31 bits per heavy atom. The fourth-order valence-electron chi connectivity index (χ4n) is 0.828. The topological polar surface area (TPSA) is 9.23 Å². The normalized spacial score (nSPS) is 10.2. The molecule has 0 N–H and O–H groups in total. The SMILES string of the molecule is C=C/C=C\[Te]c1ccc(OC)cc1. The van der Waals surface area contributed by atoms with Crippen molar-refractivity contribution in [3.8, 4) is 5.75 Å². The molecule has 0 atom stereocenters. The number of rotatable bonds is 4. The van der Waals surface area contributed by atoms with E-state index in [1.165, 1.54) is 3.61 Å². The van der Waals surface area contributed by atoms with Crippen molar-refractivity contribution in [2.45, 2.75) is 0 Å². The molecule has 0 aromatic heterocycles. The molecule has 1 aromatic carbocycles. The van der Waals surface area contributed by atoms with E-state index in [1.54, 1.807) is 7.11 Å². The summed E-state index contributed by atoms with van der Waals surface area (Å²) in [7, 11) is 1.68. The third-order valence-electron chi connectivity index (χ3n) is 1.48. The van der Waals surface area contributed by atoms with Gasteiger partial charge in [-0.05, 0) is 0 Å². The zero-order valence-corrected chi connectivity index (χ0v) is 9.90. The maximum atomic E-state index is 5.08. The van der Waals surface area contributed by atoms with Gasteiger partial charge >= 0.3 is 89.3 Å². The molecule has 0 saturated heterocycles. The second-order valence-electron chi connectivity index (χ2n) is 2.36. The van der Waals surface area contributed by atoms with Crippen LogP contribution in [0.3, 0.4) is 0 Å². The molecule has 13 heavy (non-hydrogen) atoms. The minimum absolute atomic E-state index is 0.177. The summed E-state index contributed by atoms with van der Waals surface area (Å²) >= 11 is -0.177. The zero-order chi connectivity index (χ0) is 9.52. The molecule has 0 fully saturated rings. The van der Waals surface area contributed by atoms with Gasteiger partial charge in [0.15, 0.2) is 0 Å². The van der Waals surface area contributed by atoms with Crippen LogP contribution in [0.1, 0.15) is 0 Å². The molecule has 0 heterocycles. The molecule has 68 valence electrons. The fourth-order valence-corrected chi connectivity index (χ4v) is 2.65. The van der Waals surface area contributed by atoms with Crippen molar-refractivity contribution in [2.75, 3.05) is 7.11 Å². The number of allylic oxidation sites excluding steroid dienone is 2. The van der Waals surface area contributed by atoms with Crippen molar-refractivity contribution in [1.82, 2.24) is 0 Å². The van der Waals surface area contributed by atoms with Gasteiger partial charge in [0.1, 0.15) is 0 Å². The third kappa shape index (κ3) is 3.67. The maximum absolute atomic E-state index is 5.08. The van der Waals surface area contributed by atoms with Crippen molar-refractivity contribution in [3.05, 3.63) is 47.1 Å². The second kappa shape index (κ2) is 5.85. The van der Waals surface area contributed by atoms with Gasteiger partial charge < -0.3 is 0 Å². The third-order valence-corrected chi connectivity index (χ3v) is 3.87. The molecule has 1 aromatic rings. The summed E-state index contributed by atoms with van der Waals surface area (Å²) in [5, 5.41) is 0. The van der Waals surface area contributed by atoms with Crippen molar-refractivity contribution < 1.29 is 4.74 Å². The first kappa shape index (κ1) is 10.4. The van der Waals surface area contributed by atoms with Crippen LogP contribution >= 0.6 is 0 Å². The number of hydrogen-bond acceptors (Lipinski definition) is 1. The van der Waals surface area contributed by atoms with E-state index in [1.807, 2.05) is 24.3 Å². The average molecular weight is 288 g/mol. The Bertz CT molecular complexity index is 287. The van der Waals surface area contributed by atoms with E-state index >= 15 is 0 Å². The van der Waals surface area contributed by atoms with E-state index in [-0.39, 0.29) is 20.9 Å². The van der Waals surface area contributed by atoms with E-state index in [0.29, 0.717) is 0 Å². The molecular formula is C11H12OTe. The van der Waals surface area contributed by atoms with E-state index in [4.69, 9.17) is 4.74 Å². The van der Waals surface area contributed by atoms with Crippen LogP contribution in [0.5, 0.6) is 5.75 Å². The minimum atomic E-state index is -0.177. The Balaban J connectivity index is 2.58. The van der Waals surface area contributed by atoms with Gasteiger partial charge in [-0.1, -0.05) is 0 Å². The Kier molecular flexibility index (Phi) is 4.67. The van der Waals surface area contributed by atoms with Crippen LogP contribution in [0, 0.1) is 0 Å². The van der Waals surface area contributed by atoms with Crippen LogP contribution in [0.15, 0.2) is 47.1 Å². The van der Waals surface area contributed by atoms with E-state index in [2.05, 4.69) is 22.8 Å². The first-order valence-corrected chi connectivity index (χ1v) is 6.46. The van der Waals surface area contributed by atoms with Crippen LogP contribution in [-0.4, -0.2) is 28.0 Å². The van der Waals surface area contributed by atoms with Crippen molar-refractivity contribution in [1.29, 1.82) is 0 Å². The molecule has 0 spiro atoms. The average Bonchev–Trinajstić information content (AvgIpc) is 2.19. The molecule has 1 nitrogen and oxygen atoms in total. The molecule has 0 aliphatic heterocycles. The quantitative estimate of drug-likeness (QED) is 0.605. The summed E-state index contributed by atoms with van der Waals surface area (Å²) in [5.74, 6) is 0.920. The predicted molar refractivity (Wildman–Crippen MR) is 57.7 cm³/mol. The Hall–Kier alpha value is -0.710. The first-order valence-electron chi connectivity index (χ1n) is 3.95. The Labute approximate surface area is 89.2 Å². The van der Waals surface area contributed by atoms with Crippen LogP contribution in [-0.2, 0) is 0 Å². The van der Waals surface area contributed by atoms with E-state index < -0.39 is 0 Å². The first-order chi connectivity index (χ1) is 6.36. The molecule has 0 saturated carbocycles. The van der Waals surface area contributed by atoms with Crippen molar-refractivity contribution in [2.24, 2.45) is 0 Å². The van der Waals surface area contributed by atoms with Gasteiger partial charge in [-0.2, -0.15) is 0 Å². The Morgan fingerprint density at radius 2 is 2.00 bits per heavy atom. The molecule has 1 rings (SSSR count). The summed E-state index contributed by atoms with van der Waals surface area (Å²) < 4.78 is 8.69. The second-order valence-corrected chi connectivity index (χ2v) is 5.15. The molecule has 2 heteroatoms. The van der Waals surface area contributed by atoms with Gasteiger partial charge in [-0.3, -0.25) is 0 Å². The molecule has 0 amide bonds. The summed E-state index contributed by atoms with van der Waals surface area (Å²) in [5.41, 5.74) is 0. The number of methoxy groups -OCH3 is 1. The zero-order valence-electron chi connectivity index (χ0n) is 7.57. The molecular weight excluding hydrogens is 276 g/mol. The van der Waals surface area contributed by atoms with Gasteiger partial charge in [0.2, 0.25) is 0 Å². The standard InChI is InChI=1S/C11H12OTe/c1-3-4-9-13-11-7-5-10(12-2)6-8-11/h3-9H,1H2,2H3/b9-4-. The molecule has 0 bridgehead atoms. The Morgan fingerprint density at radius 3 is 2.54 bits per heavy atom. The van der Waals surface area contributed by atoms with Gasteiger partial charge in [-0.15, -0.1) is 0 Å². The van der Waals surface area contributed by atoms with Crippen LogP contribution in [0.25, 0.3) is 0 Å². The van der Waals surface area contributed by atoms with Crippen LogP contribution in [0.4, 0.5) is 0 Å². The molecule has 0 aliphatic carbocycles. The van der Waals surface area contributed by atoms with Gasteiger partial charge in [0.25, 0.3) is 0 Å². The fraction of sp³-hybridized carbons (Fsp3) is 0.0909. The number of hydrogen-bond donors (Lipinski definition) is 0. The van der Waals surface area contributed by atoms with E-state index in [0.717, 1.165) is 5.75 Å². The summed E-state index contributed by atoms with van der Waals surface area (Å²) in [4.78, 5) is 0. The van der Waals surface area contributed by atoms with Crippen LogP contribution in [0.2, 0.25) is 0 Å². The summed E-state index contributed by atoms with van der Waals surface area (Å²) in [6, 6.07) is 8.24. The summed E-state index contributed by atoms with van der Waals surface area (Å²) in [6.45, 7) is 3.63. The monoisotopic (exact) mass is 290 g/mol. The number of ether oxygens (including phenoxy) is 1. The van der Waals surface area contributed by atoms with Gasteiger partial charge in [0, 0.05) is 0 Å². The molecule has 0 unspecified atom stereocenters. The van der Waals surface area contributed by atoms with Crippen molar-refractivity contribution >= 4 is 24.5 Å². The predicted octanol–water partition coefficient (Wildman–Crippen LogP) is 1.72.